The Morgan fingerprint density at radius 1 is 1.54 bits per heavy atom. The Labute approximate surface area is 78.0 Å². The Hall–Kier alpha value is -1.26. The van der Waals surface area contributed by atoms with E-state index in [-0.39, 0.29) is 12.5 Å². The summed E-state index contributed by atoms with van der Waals surface area (Å²) in [5.41, 5.74) is 5.39. The van der Waals surface area contributed by atoms with Gasteiger partial charge < -0.3 is 16.0 Å². The van der Waals surface area contributed by atoms with E-state index in [1.165, 1.54) is 0 Å². The molecule has 0 bridgehead atoms. The summed E-state index contributed by atoms with van der Waals surface area (Å²) in [7, 11) is 1.59. The largest absolute Gasteiger partial charge is 0.370 e. The average molecular weight is 184 g/mol. The molecular weight excluding hydrogens is 168 g/mol. The first-order valence-electron chi connectivity index (χ1n) is 4.48. The van der Waals surface area contributed by atoms with Crippen molar-refractivity contribution >= 4 is 11.9 Å². The van der Waals surface area contributed by atoms with E-state index in [4.69, 9.17) is 5.73 Å². The predicted molar refractivity (Wildman–Crippen MR) is 51.4 cm³/mol. The van der Waals surface area contributed by atoms with Crippen molar-refractivity contribution in [2.24, 2.45) is 10.7 Å². The van der Waals surface area contributed by atoms with E-state index in [1.54, 1.807) is 7.05 Å². The third-order valence-electron chi connectivity index (χ3n) is 2.12. The second-order valence-electron chi connectivity index (χ2n) is 3.05. The molecule has 1 amide bonds. The fourth-order valence-electron chi connectivity index (χ4n) is 1.32. The fourth-order valence-corrected chi connectivity index (χ4v) is 1.32. The van der Waals surface area contributed by atoms with Crippen LogP contribution >= 0.6 is 0 Å². The average Bonchev–Trinajstić information content (AvgIpc) is 2.66. The lowest BCUT2D eigenvalue weighted by Crippen LogP contribution is -2.41. The summed E-state index contributed by atoms with van der Waals surface area (Å²) in [6.45, 7) is 2.01. The summed E-state index contributed by atoms with van der Waals surface area (Å²) < 4.78 is 0. The van der Waals surface area contributed by atoms with E-state index >= 15 is 0 Å². The van der Waals surface area contributed by atoms with Gasteiger partial charge in [-0.05, 0) is 12.8 Å². The SMILES string of the molecule is CN=C(N)NCC(=O)N1CCCC1. The molecule has 1 saturated heterocycles. The standard InChI is InChI=1S/C8H16N4O/c1-10-8(9)11-6-7(13)12-4-2-3-5-12/h2-6H2,1H3,(H3,9,10,11). The van der Waals surface area contributed by atoms with Crippen LogP contribution in [0, 0.1) is 0 Å². The summed E-state index contributed by atoms with van der Waals surface area (Å²) in [4.78, 5) is 17.0. The molecule has 0 aromatic rings. The fraction of sp³-hybridized carbons (Fsp3) is 0.750. The van der Waals surface area contributed by atoms with Gasteiger partial charge in [-0.3, -0.25) is 9.79 Å². The normalized spacial score (nSPS) is 17.6. The summed E-state index contributed by atoms with van der Waals surface area (Å²) >= 11 is 0. The van der Waals surface area contributed by atoms with Crippen molar-refractivity contribution in [3.63, 3.8) is 0 Å². The number of rotatable bonds is 2. The zero-order valence-corrected chi connectivity index (χ0v) is 7.92. The van der Waals surface area contributed by atoms with Crippen LogP contribution in [0.15, 0.2) is 4.99 Å². The Balaban J connectivity index is 2.24. The van der Waals surface area contributed by atoms with Crippen molar-refractivity contribution in [1.29, 1.82) is 0 Å². The van der Waals surface area contributed by atoms with E-state index in [9.17, 15) is 4.79 Å². The van der Waals surface area contributed by atoms with Crippen LogP contribution in [0.3, 0.4) is 0 Å². The number of nitrogens with one attached hydrogen (secondary N) is 1. The number of amides is 1. The Bertz CT molecular complexity index is 208. The molecule has 0 spiro atoms. The third-order valence-corrected chi connectivity index (χ3v) is 2.12. The van der Waals surface area contributed by atoms with E-state index in [0.717, 1.165) is 25.9 Å². The molecule has 13 heavy (non-hydrogen) atoms. The number of carbonyl (C=O) groups excluding carboxylic acids is 1. The topological polar surface area (TPSA) is 70.7 Å². The second kappa shape index (κ2) is 4.69. The van der Waals surface area contributed by atoms with Crippen molar-refractivity contribution in [2.75, 3.05) is 26.7 Å². The van der Waals surface area contributed by atoms with Gasteiger partial charge in [0.1, 0.15) is 0 Å². The molecule has 0 aromatic carbocycles. The highest BCUT2D eigenvalue weighted by atomic mass is 16.2. The number of nitrogens with two attached hydrogens (primary N) is 1. The Kier molecular flexibility index (Phi) is 3.54. The predicted octanol–water partition coefficient (Wildman–Crippen LogP) is -0.857. The molecule has 1 rings (SSSR count). The highest BCUT2D eigenvalue weighted by Gasteiger charge is 2.17. The molecule has 1 heterocycles. The van der Waals surface area contributed by atoms with Gasteiger partial charge in [0.05, 0.1) is 6.54 Å². The summed E-state index contributed by atoms with van der Waals surface area (Å²) in [5.74, 6) is 0.414. The number of likely N-dealkylation sites (tertiary alicyclic amines) is 1. The highest BCUT2D eigenvalue weighted by Crippen LogP contribution is 2.06. The molecule has 0 aromatic heterocycles. The van der Waals surface area contributed by atoms with Gasteiger partial charge in [-0.2, -0.15) is 0 Å². The van der Waals surface area contributed by atoms with Gasteiger partial charge in [0.2, 0.25) is 5.91 Å². The van der Waals surface area contributed by atoms with E-state index < -0.39 is 0 Å². The molecule has 0 saturated carbocycles. The lowest BCUT2D eigenvalue weighted by atomic mass is 10.4. The minimum Gasteiger partial charge on any atom is -0.370 e. The third kappa shape index (κ3) is 2.93. The Morgan fingerprint density at radius 2 is 2.15 bits per heavy atom. The lowest BCUT2D eigenvalue weighted by molar-refractivity contribution is -0.128. The van der Waals surface area contributed by atoms with Gasteiger partial charge in [0, 0.05) is 20.1 Å². The number of hydrogen-bond donors (Lipinski definition) is 2. The van der Waals surface area contributed by atoms with Crippen LogP contribution in [0.1, 0.15) is 12.8 Å². The number of hydrogen-bond acceptors (Lipinski definition) is 2. The minimum atomic E-state index is 0.101. The molecule has 0 aliphatic carbocycles. The van der Waals surface area contributed by atoms with Crippen molar-refractivity contribution in [3.05, 3.63) is 0 Å². The first-order valence-corrected chi connectivity index (χ1v) is 4.48. The Morgan fingerprint density at radius 3 is 2.69 bits per heavy atom. The van der Waals surface area contributed by atoms with Crippen LogP contribution < -0.4 is 11.1 Å². The van der Waals surface area contributed by atoms with Crippen molar-refractivity contribution in [1.82, 2.24) is 10.2 Å². The molecular formula is C8H16N4O. The zero-order chi connectivity index (χ0) is 9.68. The summed E-state index contributed by atoms with van der Waals surface area (Å²) in [5, 5.41) is 2.75. The maximum Gasteiger partial charge on any atom is 0.241 e. The van der Waals surface area contributed by atoms with Crippen molar-refractivity contribution in [2.45, 2.75) is 12.8 Å². The smallest absolute Gasteiger partial charge is 0.241 e. The lowest BCUT2D eigenvalue weighted by Gasteiger charge is -2.15. The molecule has 74 valence electrons. The van der Waals surface area contributed by atoms with Gasteiger partial charge in [-0.15, -0.1) is 0 Å². The van der Waals surface area contributed by atoms with E-state index in [0.29, 0.717) is 5.96 Å². The maximum absolute atomic E-state index is 11.4. The molecule has 3 N–H and O–H groups in total. The van der Waals surface area contributed by atoms with Crippen LogP contribution in [-0.4, -0.2) is 43.4 Å². The van der Waals surface area contributed by atoms with Crippen molar-refractivity contribution in [3.8, 4) is 0 Å². The number of nitrogens with zero attached hydrogens (tertiary/aromatic N) is 2. The quantitative estimate of drug-likeness (QED) is 0.433. The zero-order valence-electron chi connectivity index (χ0n) is 7.92. The van der Waals surface area contributed by atoms with Crippen LogP contribution in [0.4, 0.5) is 0 Å². The maximum atomic E-state index is 11.4. The molecule has 1 aliphatic heterocycles. The molecule has 0 unspecified atom stereocenters. The second-order valence-corrected chi connectivity index (χ2v) is 3.05. The highest BCUT2D eigenvalue weighted by molar-refractivity contribution is 5.85. The molecule has 1 fully saturated rings. The monoisotopic (exact) mass is 184 g/mol. The molecule has 0 atom stereocenters. The minimum absolute atomic E-state index is 0.101. The number of guanidine groups is 1. The molecule has 1 aliphatic rings. The van der Waals surface area contributed by atoms with Crippen LogP contribution in [-0.2, 0) is 4.79 Å². The first kappa shape index (κ1) is 9.83. The molecule has 5 nitrogen and oxygen atoms in total. The van der Waals surface area contributed by atoms with Gasteiger partial charge in [0.15, 0.2) is 5.96 Å². The van der Waals surface area contributed by atoms with Crippen LogP contribution in [0.5, 0.6) is 0 Å². The van der Waals surface area contributed by atoms with Gasteiger partial charge in [-0.25, -0.2) is 0 Å². The molecule has 0 radical (unpaired) electrons. The van der Waals surface area contributed by atoms with Gasteiger partial charge in [0.25, 0.3) is 0 Å². The van der Waals surface area contributed by atoms with E-state index in [1.807, 2.05) is 4.90 Å². The van der Waals surface area contributed by atoms with Crippen LogP contribution in [0.25, 0.3) is 0 Å². The summed E-state index contributed by atoms with van der Waals surface area (Å²) in [6.07, 6.45) is 2.23. The van der Waals surface area contributed by atoms with E-state index in [2.05, 4.69) is 10.3 Å². The van der Waals surface area contributed by atoms with Gasteiger partial charge >= 0.3 is 0 Å². The number of aliphatic imine (C=N–C) groups is 1. The summed E-state index contributed by atoms with van der Waals surface area (Å²) in [6, 6.07) is 0. The first-order chi connectivity index (χ1) is 6.24. The van der Waals surface area contributed by atoms with Gasteiger partial charge in [-0.1, -0.05) is 0 Å². The number of carbonyl (C=O) groups is 1. The van der Waals surface area contributed by atoms with Crippen molar-refractivity contribution < 1.29 is 4.79 Å². The van der Waals surface area contributed by atoms with Crippen LogP contribution in [0.2, 0.25) is 0 Å². The molecule has 5 heteroatoms.